The molecule has 1 aliphatic heterocycles. The minimum Gasteiger partial charge on any atom is -0.325 e. The fourth-order valence-corrected chi connectivity index (χ4v) is 4.51. The van der Waals surface area contributed by atoms with Gasteiger partial charge in [-0.15, -0.1) is 12.4 Å². The van der Waals surface area contributed by atoms with E-state index in [2.05, 4.69) is 10.2 Å². The lowest BCUT2D eigenvalue weighted by Crippen LogP contribution is -2.47. The molecule has 1 saturated carbocycles. The summed E-state index contributed by atoms with van der Waals surface area (Å²) in [6, 6.07) is 6.41. The van der Waals surface area contributed by atoms with Crippen molar-refractivity contribution in [3.63, 3.8) is 0 Å². The third-order valence-electron chi connectivity index (χ3n) is 5.47. The van der Waals surface area contributed by atoms with Crippen LogP contribution in [0.5, 0.6) is 0 Å². The summed E-state index contributed by atoms with van der Waals surface area (Å²) in [6.45, 7) is 3.99. The molecule has 3 rings (SSSR count). The number of halogens is 2. The molecule has 134 valence electrons. The van der Waals surface area contributed by atoms with Gasteiger partial charge in [-0.3, -0.25) is 9.69 Å². The van der Waals surface area contributed by atoms with Crippen LogP contribution in [-0.4, -0.2) is 29.9 Å². The van der Waals surface area contributed by atoms with Gasteiger partial charge in [0.1, 0.15) is 0 Å². The summed E-state index contributed by atoms with van der Waals surface area (Å²) in [7, 11) is 0. The number of likely N-dealkylation sites (tertiary alicyclic amines) is 1. The molecule has 2 atom stereocenters. The van der Waals surface area contributed by atoms with E-state index < -0.39 is 0 Å². The molecule has 2 fully saturated rings. The van der Waals surface area contributed by atoms with E-state index in [1.807, 2.05) is 25.1 Å². The van der Waals surface area contributed by atoms with Crippen molar-refractivity contribution in [1.82, 2.24) is 4.90 Å². The standard InChI is InChI=1S/C19H27ClN2O.ClH/c1-14-6-4-9-16(20)19(14)21-18(23)11-13-22-12-5-8-15-7-2-3-10-17(15)22;/h4,6,9,15,17H,2-3,5,7-8,10-13H2,1H3,(H,21,23);1H. The minimum atomic E-state index is 0. The zero-order valence-corrected chi connectivity index (χ0v) is 16.0. The largest absolute Gasteiger partial charge is 0.325 e. The SMILES string of the molecule is Cc1cccc(Cl)c1NC(=O)CCN1CCCC2CCCCC21.Cl. The Balaban J connectivity index is 0.00000208. The number of piperidine rings is 1. The van der Waals surface area contributed by atoms with E-state index in [0.29, 0.717) is 17.5 Å². The Bertz CT molecular complexity index is 542. The molecule has 1 amide bonds. The molecule has 1 aliphatic carbocycles. The van der Waals surface area contributed by atoms with E-state index in [4.69, 9.17) is 11.6 Å². The van der Waals surface area contributed by atoms with Crippen molar-refractivity contribution in [2.24, 2.45) is 5.92 Å². The van der Waals surface area contributed by atoms with Crippen LogP contribution in [0.15, 0.2) is 18.2 Å². The first-order valence-corrected chi connectivity index (χ1v) is 9.32. The molecule has 5 heteroatoms. The maximum atomic E-state index is 12.3. The van der Waals surface area contributed by atoms with Crippen LogP contribution in [0.2, 0.25) is 5.02 Å². The maximum Gasteiger partial charge on any atom is 0.225 e. The summed E-state index contributed by atoms with van der Waals surface area (Å²) in [4.78, 5) is 14.9. The van der Waals surface area contributed by atoms with Crippen LogP contribution in [-0.2, 0) is 4.79 Å². The summed E-state index contributed by atoms with van der Waals surface area (Å²) in [5, 5.41) is 3.61. The molecule has 0 aromatic heterocycles. The molecule has 1 aromatic carbocycles. The second-order valence-corrected chi connectivity index (χ2v) is 7.43. The van der Waals surface area contributed by atoms with Gasteiger partial charge in [0.25, 0.3) is 0 Å². The van der Waals surface area contributed by atoms with E-state index in [9.17, 15) is 4.79 Å². The summed E-state index contributed by atoms with van der Waals surface area (Å²) < 4.78 is 0. The number of aryl methyl sites for hydroxylation is 1. The number of hydrogen-bond acceptors (Lipinski definition) is 2. The fraction of sp³-hybridized carbons (Fsp3) is 0.632. The van der Waals surface area contributed by atoms with Gasteiger partial charge in [0, 0.05) is 19.0 Å². The molecule has 2 unspecified atom stereocenters. The number of carbonyl (C=O) groups excluding carboxylic acids is 1. The van der Waals surface area contributed by atoms with Crippen molar-refractivity contribution in [1.29, 1.82) is 0 Å². The number of anilines is 1. The van der Waals surface area contributed by atoms with Gasteiger partial charge < -0.3 is 5.32 Å². The molecule has 1 aromatic rings. The minimum absolute atomic E-state index is 0. The van der Waals surface area contributed by atoms with Crippen LogP contribution < -0.4 is 5.32 Å². The number of fused-ring (bicyclic) bond motifs is 1. The van der Waals surface area contributed by atoms with E-state index in [0.717, 1.165) is 30.3 Å². The average Bonchev–Trinajstić information content (AvgIpc) is 2.56. The first-order chi connectivity index (χ1) is 11.1. The molecule has 0 radical (unpaired) electrons. The molecule has 0 bridgehead atoms. The van der Waals surface area contributed by atoms with Gasteiger partial charge in [0.15, 0.2) is 0 Å². The Kier molecular flexibility index (Phi) is 7.39. The number of nitrogens with zero attached hydrogens (tertiary/aromatic N) is 1. The van der Waals surface area contributed by atoms with E-state index in [1.165, 1.54) is 38.5 Å². The quantitative estimate of drug-likeness (QED) is 0.803. The van der Waals surface area contributed by atoms with Gasteiger partial charge in [-0.25, -0.2) is 0 Å². The summed E-state index contributed by atoms with van der Waals surface area (Å²) in [6.07, 6.45) is 8.65. The van der Waals surface area contributed by atoms with Crippen molar-refractivity contribution in [3.8, 4) is 0 Å². The monoisotopic (exact) mass is 370 g/mol. The molecule has 1 N–H and O–H groups in total. The average molecular weight is 371 g/mol. The van der Waals surface area contributed by atoms with Crippen LogP contribution in [0.4, 0.5) is 5.69 Å². The van der Waals surface area contributed by atoms with Crippen LogP contribution in [0.25, 0.3) is 0 Å². The van der Waals surface area contributed by atoms with Gasteiger partial charge in [0.2, 0.25) is 5.91 Å². The number of nitrogens with one attached hydrogen (secondary N) is 1. The number of benzene rings is 1. The van der Waals surface area contributed by atoms with Gasteiger partial charge in [-0.2, -0.15) is 0 Å². The second-order valence-electron chi connectivity index (χ2n) is 7.02. The number of amides is 1. The molecular weight excluding hydrogens is 343 g/mol. The van der Waals surface area contributed by atoms with Crippen LogP contribution in [0, 0.1) is 12.8 Å². The lowest BCUT2D eigenvalue weighted by Gasteiger charge is -2.44. The lowest BCUT2D eigenvalue weighted by atomic mass is 9.78. The van der Waals surface area contributed by atoms with E-state index in [-0.39, 0.29) is 18.3 Å². The zero-order valence-electron chi connectivity index (χ0n) is 14.4. The Morgan fingerprint density at radius 2 is 2.00 bits per heavy atom. The van der Waals surface area contributed by atoms with E-state index in [1.54, 1.807) is 0 Å². The van der Waals surface area contributed by atoms with Crippen molar-refractivity contribution >= 4 is 35.6 Å². The molecule has 3 nitrogen and oxygen atoms in total. The zero-order chi connectivity index (χ0) is 16.2. The Morgan fingerprint density at radius 1 is 1.25 bits per heavy atom. The lowest BCUT2D eigenvalue weighted by molar-refractivity contribution is -0.116. The highest BCUT2D eigenvalue weighted by Gasteiger charge is 2.32. The predicted molar refractivity (Wildman–Crippen MR) is 103 cm³/mol. The summed E-state index contributed by atoms with van der Waals surface area (Å²) in [5.41, 5.74) is 1.77. The Hall–Kier alpha value is -0.770. The Morgan fingerprint density at radius 3 is 2.79 bits per heavy atom. The smallest absolute Gasteiger partial charge is 0.225 e. The number of rotatable bonds is 4. The van der Waals surface area contributed by atoms with Crippen LogP contribution in [0.3, 0.4) is 0 Å². The first-order valence-electron chi connectivity index (χ1n) is 8.94. The number of hydrogen-bond donors (Lipinski definition) is 1. The predicted octanol–water partition coefficient (Wildman–Crippen LogP) is 5.05. The number of para-hydroxylation sites is 1. The first kappa shape index (κ1) is 19.6. The molecule has 24 heavy (non-hydrogen) atoms. The highest BCUT2D eigenvalue weighted by Crippen LogP contribution is 2.35. The summed E-state index contributed by atoms with van der Waals surface area (Å²) in [5.74, 6) is 0.936. The molecule has 1 saturated heterocycles. The van der Waals surface area contributed by atoms with Gasteiger partial charge in [0.05, 0.1) is 10.7 Å². The molecule has 2 aliphatic rings. The van der Waals surface area contributed by atoms with Crippen LogP contribution in [0.1, 0.15) is 50.5 Å². The highest BCUT2D eigenvalue weighted by atomic mass is 35.5. The number of carbonyl (C=O) groups is 1. The van der Waals surface area contributed by atoms with Gasteiger partial charge in [-0.1, -0.05) is 36.6 Å². The molecule has 1 heterocycles. The second kappa shape index (κ2) is 9.07. The third-order valence-corrected chi connectivity index (χ3v) is 5.79. The Labute approximate surface area is 156 Å². The highest BCUT2D eigenvalue weighted by molar-refractivity contribution is 6.33. The van der Waals surface area contributed by atoms with E-state index >= 15 is 0 Å². The fourth-order valence-electron chi connectivity index (χ4n) is 4.24. The molecule has 0 spiro atoms. The normalized spacial score (nSPS) is 23.9. The van der Waals surface area contributed by atoms with Crippen molar-refractivity contribution in [3.05, 3.63) is 28.8 Å². The molecular formula is C19H28Cl2N2O. The van der Waals surface area contributed by atoms with Gasteiger partial charge >= 0.3 is 0 Å². The third kappa shape index (κ3) is 4.65. The van der Waals surface area contributed by atoms with Crippen molar-refractivity contribution in [2.75, 3.05) is 18.4 Å². The topological polar surface area (TPSA) is 32.3 Å². The van der Waals surface area contributed by atoms with Gasteiger partial charge in [-0.05, 0) is 56.7 Å². The summed E-state index contributed by atoms with van der Waals surface area (Å²) >= 11 is 6.19. The van der Waals surface area contributed by atoms with Crippen molar-refractivity contribution in [2.45, 2.75) is 57.9 Å². The van der Waals surface area contributed by atoms with Crippen molar-refractivity contribution < 1.29 is 4.79 Å². The van der Waals surface area contributed by atoms with Crippen LogP contribution >= 0.6 is 24.0 Å². The maximum absolute atomic E-state index is 12.3.